The fraction of sp³-hybridized carbons (Fsp3) is 0.143. The largest absolute Gasteiger partial charge is 0.346 e. The van der Waals surface area contributed by atoms with Crippen LogP contribution in [0.2, 0.25) is 0 Å². The van der Waals surface area contributed by atoms with Crippen LogP contribution in [0.1, 0.15) is 0 Å². The smallest absolute Gasteiger partial charge is 0.240 e. The average molecular weight is 275 g/mol. The highest BCUT2D eigenvalue weighted by Crippen LogP contribution is 2.40. The molecule has 0 amide bonds. The number of benzene rings is 1. The zero-order valence-corrected chi connectivity index (χ0v) is 10.1. The standard InChI is InChI=1S/C14H8F3N3/c15-12-6-14(17,20-9-4-2-1-3-5-9)11(8-19)13(16)10(12)7-18/h1-6,10,20H. The number of alkyl halides is 1. The first-order chi connectivity index (χ1) is 9.51. The van der Waals surface area contributed by atoms with Gasteiger partial charge in [0.2, 0.25) is 5.79 Å². The Balaban J connectivity index is 2.47. The monoisotopic (exact) mass is 275 g/mol. The Hall–Kier alpha value is -2.73. The molecule has 0 spiro atoms. The Morgan fingerprint density at radius 1 is 1.15 bits per heavy atom. The quantitative estimate of drug-likeness (QED) is 0.840. The topological polar surface area (TPSA) is 59.6 Å². The van der Waals surface area contributed by atoms with E-state index < -0.39 is 28.9 Å². The van der Waals surface area contributed by atoms with Gasteiger partial charge in [-0.15, -0.1) is 0 Å². The van der Waals surface area contributed by atoms with Gasteiger partial charge in [0.1, 0.15) is 23.3 Å². The van der Waals surface area contributed by atoms with Gasteiger partial charge in [0, 0.05) is 11.8 Å². The molecule has 0 saturated heterocycles. The Labute approximate surface area is 113 Å². The third kappa shape index (κ3) is 2.24. The van der Waals surface area contributed by atoms with Crippen LogP contribution in [0, 0.1) is 28.6 Å². The molecule has 20 heavy (non-hydrogen) atoms. The van der Waals surface area contributed by atoms with Crippen molar-refractivity contribution >= 4 is 5.69 Å². The van der Waals surface area contributed by atoms with Crippen molar-refractivity contribution in [2.45, 2.75) is 5.79 Å². The summed E-state index contributed by atoms with van der Waals surface area (Å²) >= 11 is 0. The van der Waals surface area contributed by atoms with Gasteiger partial charge in [0.15, 0.2) is 5.92 Å². The maximum Gasteiger partial charge on any atom is 0.240 e. The van der Waals surface area contributed by atoms with E-state index in [1.807, 2.05) is 0 Å². The van der Waals surface area contributed by atoms with Gasteiger partial charge in [0.05, 0.1) is 6.07 Å². The van der Waals surface area contributed by atoms with Crippen molar-refractivity contribution in [2.24, 2.45) is 5.92 Å². The highest BCUT2D eigenvalue weighted by Gasteiger charge is 2.44. The molecule has 0 radical (unpaired) electrons. The van der Waals surface area contributed by atoms with Crippen molar-refractivity contribution in [3.05, 3.63) is 53.6 Å². The van der Waals surface area contributed by atoms with Crippen LogP contribution in [0.15, 0.2) is 53.6 Å². The van der Waals surface area contributed by atoms with Gasteiger partial charge in [-0.05, 0) is 12.1 Å². The molecule has 2 rings (SSSR count). The molecule has 1 aliphatic rings. The van der Waals surface area contributed by atoms with Crippen LogP contribution in [0.25, 0.3) is 0 Å². The third-order valence-corrected chi connectivity index (χ3v) is 2.81. The molecule has 1 aromatic rings. The molecule has 1 aliphatic carbocycles. The predicted octanol–water partition coefficient (Wildman–Crippen LogP) is 3.52. The summed E-state index contributed by atoms with van der Waals surface area (Å²) in [5, 5.41) is 19.8. The van der Waals surface area contributed by atoms with Gasteiger partial charge >= 0.3 is 0 Å². The Morgan fingerprint density at radius 3 is 2.35 bits per heavy atom. The molecular weight excluding hydrogens is 267 g/mol. The van der Waals surface area contributed by atoms with Crippen molar-refractivity contribution < 1.29 is 13.2 Å². The van der Waals surface area contributed by atoms with Crippen LogP contribution in [-0.2, 0) is 0 Å². The lowest BCUT2D eigenvalue weighted by atomic mass is 9.90. The molecule has 100 valence electrons. The number of rotatable bonds is 2. The molecule has 0 bridgehead atoms. The number of nitrogens with zero attached hydrogens (tertiary/aromatic N) is 2. The van der Waals surface area contributed by atoms with E-state index in [-0.39, 0.29) is 5.69 Å². The van der Waals surface area contributed by atoms with Crippen molar-refractivity contribution in [1.82, 2.24) is 0 Å². The molecule has 0 aromatic heterocycles. The molecule has 0 fully saturated rings. The second-order valence-corrected chi connectivity index (χ2v) is 4.13. The van der Waals surface area contributed by atoms with Crippen LogP contribution in [0.5, 0.6) is 0 Å². The highest BCUT2D eigenvalue weighted by molar-refractivity contribution is 5.56. The Kier molecular flexibility index (Phi) is 3.49. The van der Waals surface area contributed by atoms with E-state index in [0.29, 0.717) is 6.08 Å². The predicted molar refractivity (Wildman–Crippen MR) is 65.9 cm³/mol. The first kappa shape index (κ1) is 13.7. The van der Waals surface area contributed by atoms with Crippen LogP contribution >= 0.6 is 0 Å². The van der Waals surface area contributed by atoms with E-state index >= 15 is 0 Å². The van der Waals surface area contributed by atoms with E-state index in [1.165, 1.54) is 24.3 Å². The van der Waals surface area contributed by atoms with E-state index in [4.69, 9.17) is 10.5 Å². The van der Waals surface area contributed by atoms with E-state index in [0.717, 1.165) is 0 Å². The van der Waals surface area contributed by atoms with Gasteiger partial charge in [-0.25, -0.2) is 13.2 Å². The normalized spacial score (nSPS) is 25.4. The number of anilines is 1. The first-order valence-electron chi connectivity index (χ1n) is 5.62. The molecule has 1 aromatic carbocycles. The second kappa shape index (κ2) is 5.10. The lowest BCUT2D eigenvalue weighted by molar-refractivity contribution is 0.294. The van der Waals surface area contributed by atoms with Crippen molar-refractivity contribution in [2.75, 3.05) is 5.32 Å². The van der Waals surface area contributed by atoms with Crippen LogP contribution in [-0.4, -0.2) is 5.79 Å². The molecule has 1 N–H and O–H groups in total. The number of halogens is 3. The molecule has 2 unspecified atom stereocenters. The average Bonchev–Trinajstić information content (AvgIpc) is 2.39. The summed E-state index contributed by atoms with van der Waals surface area (Å²) in [7, 11) is 0. The summed E-state index contributed by atoms with van der Waals surface area (Å²) in [6.45, 7) is 0. The minimum Gasteiger partial charge on any atom is -0.346 e. The summed E-state index contributed by atoms with van der Waals surface area (Å²) in [4.78, 5) is 0. The van der Waals surface area contributed by atoms with E-state index in [9.17, 15) is 13.2 Å². The Morgan fingerprint density at radius 2 is 1.80 bits per heavy atom. The fourth-order valence-corrected chi connectivity index (χ4v) is 1.87. The van der Waals surface area contributed by atoms with Crippen LogP contribution in [0.4, 0.5) is 18.9 Å². The van der Waals surface area contributed by atoms with Gasteiger partial charge < -0.3 is 5.32 Å². The molecule has 3 nitrogen and oxygen atoms in total. The molecular formula is C14H8F3N3. The minimum absolute atomic E-state index is 0.245. The Bertz CT molecular complexity index is 667. The molecule has 6 heteroatoms. The summed E-state index contributed by atoms with van der Waals surface area (Å²) in [6, 6.07) is 10.5. The third-order valence-electron chi connectivity index (χ3n) is 2.81. The number of para-hydroxylation sites is 1. The van der Waals surface area contributed by atoms with Gasteiger partial charge in [0.25, 0.3) is 0 Å². The van der Waals surface area contributed by atoms with E-state index in [1.54, 1.807) is 18.2 Å². The molecule has 0 saturated carbocycles. The first-order valence-corrected chi connectivity index (χ1v) is 5.62. The molecule has 2 atom stereocenters. The fourth-order valence-electron chi connectivity index (χ4n) is 1.87. The van der Waals surface area contributed by atoms with E-state index in [2.05, 4.69) is 5.32 Å². The lowest BCUT2D eigenvalue weighted by Crippen LogP contribution is -2.37. The highest BCUT2D eigenvalue weighted by atomic mass is 19.2. The summed E-state index contributed by atoms with van der Waals surface area (Å²) in [5.74, 6) is -7.38. The number of nitriles is 2. The van der Waals surface area contributed by atoms with Crippen LogP contribution in [0.3, 0.4) is 0 Å². The molecule has 0 heterocycles. The van der Waals surface area contributed by atoms with Gasteiger partial charge in [-0.1, -0.05) is 18.2 Å². The number of hydrogen-bond acceptors (Lipinski definition) is 3. The van der Waals surface area contributed by atoms with Gasteiger partial charge in [-0.2, -0.15) is 10.5 Å². The number of allylic oxidation sites excluding steroid dienone is 2. The summed E-state index contributed by atoms with van der Waals surface area (Å²) in [6.07, 6.45) is 0.412. The van der Waals surface area contributed by atoms with Crippen LogP contribution < -0.4 is 5.32 Å². The summed E-state index contributed by atoms with van der Waals surface area (Å²) < 4.78 is 42.1. The maximum absolute atomic E-state index is 14.7. The van der Waals surface area contributed by atoms with Crippen molar-refractivity contribution in [3.8, 4) is 12.1 Å². The van der Waals surface area contributed by atoms with Crippen molar-refractivity contribution in [3.63, 3.8) is 0 Å². The minimum atomic E-state index is -2.82. The maximum atomic E-state index is 14.7. The summed E-state index contributed by atoms with van der Waals surface area (Å²) in [5.41, 5.74) is -0.704. The van der Waals surface area contributed by atoms with Gasteiger partial charge in [-0.3, -0.25) is 0 Å². The number of nitrogens with one attached hydrogen (secondary N) is 1. The lowest BCUT2D eigenvalue weighted by Gasteiger charge is -2.28. The van der Waals surface area contributed by atoms with Crippen molar-refractivity contribution in [1.29, 1.82) is 10.5 Å². The molecule has 0 aliphatic heterocycles. The number of hydrogen-bond donors (Lipinski definition) is 1. The SMILES string of the molecule is N#CC1=C(F)C(C#N)C(F)=CC1(F)Nc1ccccc1. The second-order valence-electron chi connectivity index (χ2n) is 4.13. The zero-order chi connectivity index (χ0) is 14.8. The zero-order valence-electron chi connectivity index (χ0n) is 10.1.